The molecule has 3 unspecified atom stereocenters. The fourth-order valence-corrected chi connectivity index (χ4v) is 4.39. The Kier molecular flexibility index (Phi) is 4.92. The Bertz CT molecular complexity index is 340. The molecule has 7 heteroatoms. The maximum absolute atomic E-state index is 11.7. The van der Waals surface area contributed by atoms with Crippen LogP contribution in [-0.2, 0) is 4.57 Å². The van der Waals surface area contributed by atoms with E-state index in [1.165, 1.54) is 0 Å². The molecule has 0 aliphatic heterocycles. The van der Waals surface area contributed by atoms with E-state index in [2.05, 4.69) is 0 Å². The molecule has 1 saturated carbocycles. The number of rotatable bonds is 5. The minimum Gasteiger partial charge on any atom is -0.373 e. The Hall–Kier alpha value is 0.360. The molecular formula is C11H24ClNO4P+. The molecule has 0 bridgehead atoms. The summed E-state index contributed by atoms with van der Waals surface area (Å²) in [5.74, 6) is 0.361. The summed E-state index contributed by atoms with van der Waals surface area (Å²) in [6, 6.07) is 0. The van der Waals surface area contributed by atoms with Gasteiger partial charge in [-0.3, -0.25) is 4.57 Å². The predicted octanol–water partition coefficient (Wildman–Crippen LogP) is 1.21. The molecule has 0 aromatic carbocycles. The summed E-state index contributed by atoms with van der Waals surface area (Å²) in [5.41, 5.74) is 0. The van der Waals surface area contributed by atoms with Crippen molar-refractivity contribution >= 4 is 19.2 Å². The Balaban J connectivity index is 2.96. The van der Waals surface area contributed by atoms with Gasteiger partial charge in [-0.25, -0.2) is 0 Å². The van der Waals surface area contributed by atoms with Crippen molar-refractivity contribution in [3.8, 4) is 0 Å². The van der Waals surface area contributed by atoms with Gasteiger partial charge in [0.1, 0.15) is 6.54 Å². The molecule has 108 valence electrons. The summed E-state index contributed by atoms with van der Waals surface area (Å²) in [6.07, 6.45) is 2.04. The number of quaternary nitrogens is 1. The summed E-state index contributed by atoms with van der Waals surface area (Å²) < 4.78 is 12.0. The molecule has 0 aromatic heterocycles. The molecule has 3 atom stereocenters. The average molecular weight is 301 g/mol. The van der Waals surface area contributed by atoms with Gasteiger partial charge in [-0.15, -0.1) is 11.6 Å². The maximum atomic E-state index is 11.7. The van der Waals surface area contributed by atoms with Crippen LogP contribution >= 0.6 is 19.2 Å². The van der Waals surface area contributed by atoms with Gasteiger partial charge < -0.3 is 19.4 Å². The van der Waals surface area contributed by atoms with Crippen LogP contribution < -0.4 is 0 Å². The third kappa shape index (κ3) is 3.69. The second-order valence-corrected chi connectivity index (χ2v) is 8.57. The molecule has 18 heavy (non-hydrogen) atoms. The largest absolute Gasteiger partial charge is 0.373 e. The summed E-state index contributed by atoms with van der Waals surface area (Å²) >= 11 is 5.79. The van der Waals surface area contributed by atoms with E-state index in [-0.39, 0.29) is 18.4 Å². The topological polar surface area (TPSA) is 77.8 Å². The molecular weight excluding hydrogens is 277 g/mol. The van der Waals surface area contributed by atoms with Crippen LogP contribution in [0.15, 0.2) is 0 Å². The van der Waals surface area contributed by atoms with Crippen LogP contribution in [0.3, 0.4) is 0 Å². The molecule has 0 spiro atoms. The quantitative estimate of drug-likeness (QED) is 0.405. The zero-order valence-corrected chi connectivity index (χ0v) is 12.9. The lowest BCUT2D eigenvalue weighted by molar-refractivity contribution is -0.875. The van der Waals surface area contributed by atoms with Crippen LogP contribution in [0.25, 0.3) is 0 Å². The van der Waals surface area contributed by atoms with Crippen LogP contribution in [0, 0.1) is 11.8 Å². The molecule has 0 amide bonds. The second kappa shape index (κ2) is 5.39. The first kappa shape index (κ1) is 16.4. The number of alkyl halides is 1. The first-order chi connectivity index (χ1) is 7.99. The minimum absolute atomic E-state index is 0.0386. The molecule has 0 aromatic rings. The van der Waals surface area contributed by atoms with Crippen molar-refractivity contribution in [1.29, 1.82) is 0 Å². The zero-order valence-electron chi connectivity index (χ0n) is 11.2. The highest BCUT2D eigenvalue weighted by Gasteiger charge is 2.56. The SMILES string of the molecule is C[N+](C)(C)CC(O)(C1CCC(CCl)C1)P(=O)(O)O. The number of likely N-dealkylation sites (N-methyl/N-ethyl adjacent to an activating group) is 1. The van der Waals surface area contributed by atoms with E-state index in [4.69, 9.17) is 11.6 Å². The molecule has 0 saturated heterocycles. The Morgan fingerprint density at radius 3 is 2.22 bits per heavy atom. The van der Waals surface area contributed by atoms with E-state index in [1.54, 1.807) is 0 Å². The molecule has 0 radical (unpaired) electrons. The predicted molar refractivity (Wildman–Crippen MR) is 71.4 cm³/mol. The lowest BCUT2D eigenvalue weighted by Gasteiger charge is -2.39. The fraction of sp³-hybridized carbons (Fsp3) is 1.00. The van der Waals surface area contributed by atoms with Crippen molar-refractivity contribution in [2.75, 3.05) is 33.6 Å². The molecule has 1 rings (SSSR count). The van der Waals surface area contributed by atoms with E-state index in [1.807, 2.05) is 21.1 Å². The maximum Gasteiger partial charge on any atom is 0.363 e. The average Bonchev–Trinajstić information content (AvgIpc) is 2.61. The molecule has 1 aliphatic carbocycles. The second-order valence-electron chi connectivity index (χ2n) is 6.40. The van der Waals surface area contributed by atoms with Gasteiger partial charge >= 0.3 is 7.60 Å². The van der Waals surface area contributed by atoms with Gasteiger partial charge in [0.2, 0.25) is 5.34 Å². The highest BCUT2D eigenvalue weighted by atomic mass is 35.5. The highest BCUT2D eigenvalue weighted by molar-refractivity contribution is 7.53. The van der Waals surface area contributed by atoms with Crippen molar-refractivity contribution < 1.29 is 23.9 Å². The van der Waals surface area contributed by atoms with Gasteiger partial charge in [0.15, 0.2) is 0 Å². The van der Waals surface area contributed by atoms with Crippen LogP contribution in [0.1, 0.15) is 19.3 Å². The van der Waals surface area contributed by atoms with Crippen molar-refractivity contribution in [3.05, 3.63) is 0 Å². The summed E-state index contributed by atoms with van der Waals surface area (Å²) in [4.78, 5) is 19.1. The summed E-state index contributed by atoms with van der Waals surface area (Å²) in [6.45, 7) is 0.0386. The van der Waals surface area contributed by atoms with Crippen molar-refractivity contribution in [2.45, 2.75) is 24.6 Å². The normalized spacial score (nSPS) is 29.3. The van der Waals surface area contributed by atoms with Crippen LogP contribution in [0.5, 0.6) is 0 Å². The van der Waals surface area contributed by atoms with Crippen LogP contribution in [0.2, 0.25) is 0 Å². The van der Waals surface area contributed by atoms with Gasteiger partial charge in [-0.2, -0.15) is 0 Å². The van der Waals surface area contributed by atoms with Crippen LogP contribution in [0.4, 0.5) is 0 Å². The third-order valence-corrected chi connectivity index (χ3v) is 5.58. The monoisotopic (exact) mass is 300 g/mol. The molecule has 3 N–H and O–H groups in total. The van der Waals surface area contributed by atoms with Gasteiger partial charge in [-0.1, -0.05) is 0 Å². The van der Waals surface area contributed by atoms with E-state index >= 15 is 0 Å². The standard InChI is InChI=1S/C11H23ClNO4P/c1-13(2,3)8-11(14,18(15,16)17)10-5-4-9(6-10)7-12/h9-10,14H,4-8H2,1-3H3,(H-,15,16,17)/p+1. The highest BCUT2D eigenvalue weighted by Crippen LogP contribution is 2.57. The first-order valence-corrected chi connectivity index (χ1v) is 8.29. The number of hydrogen-bond donors (Lipinski definition) is 3. The number of aliphatic hydroxyl groups is 1. The lowest BCUT2D eigenvalue weighted by atomic mass is 9.98. The van der Waals surface area contributed by atoms with E-state index in [9.17, 15) is 19.5 Å². The van der Waals surface area contributed by atoms with Crippen molar-refractivity contribution in [3.63, 3.8) is 0 Å². The smallest absolute Gasteiger partial charge is 0.363 e. The van der Waals surface area contributed by atoms with E-state index < -0.39 is 12.9 Å². The van der Waals surface area contributed by atoms with Crippen molar-refractivity contribution in [1.82, 2.24) is 0 Å². The summed E-state index contributed by atoms with van der Waals surface area (Å²) in [5, 5.41) is 8.64. The molecule has 5 nitrogen and oxygen atoms in total. The summed E-state index contributed by atoms with van der Waals surface area (Å²) in [7, 11) is 0.869. The van der Waals surface area contributed by atoms with Crippen molar-refractivity contribution in [2.24, 2.45) is 11.8 Å². The molecule has 1 fully saturated rings. The minimum atomic E-state index is -4.57. The molecule has 0 heterocycles. The van der Waals surface area contributed by atoms with E-state index in [0.29, 0.717) is 23.2 Å². The van der Waals surface area contributed by atoms with Gasteiger partial charge in [0, 0.05) is 11.8 Å². The van der Waals surface area contributed by atoms with Gasteiger partial charge in [-0.05, 0) is 25.2 Å². The lowest BCUT2D eigenvalue weighted by Crippen LogP contribution is -2.52. The Morgan fingerprint density at radius 2 is 1.89 bits per heavy atom. The zero-order chi connectivity index (χ0) is 14.2. The number of nitrogens with zero attached hydrogens (tertiary/aromatic N) is 1. The van der Waals surface area contributed by atoms with Gasteiger partial charge in [0.25, 0.3) is 0 Å². The first-order valence-electron chi connectivity index (χ1n) is 6.14. The Labute approximate surface area is 114 Å². The van der Waals surface area contributed by atoms with Gasteiger partial charge in [0.05, 0.1) is 21.1 Å². The van der Waals surface area contributed by atoms with E-state index in [0.717, 1.165) is 6.42 Å². The number of halogens is 1. The number of hydrogen-bond acceptors (Lipinski definition) is 2. The fourth-order valence-electron chi connectivity index (χ4n) is 2.79. The molecule has 1 aliphatic rings. The third-order valence-electron chi connectivity index (χ3n) is 3.62. The Morgan fingerprint density at radius 1 is 1.33 bits per heavy atom. The van der Waals surface area contributed by atoms with Crippen LogP contribution in [-0.4, -0.2) is 58.3 Å².